The predicted molar refractivity (Wildman–Crippen MR) is 146 cm³/mol. The molecule has 32 heavy (non-hydrogen) atoms. The topological polar surface area (TPSA) is 0 Å². The lowest BCUT2D eigenvalue weighted by atomic mass is 9.70. The first-order chi connectivity index (χ1) is 14.0. The highest BCUT2D eigenvalue weighted by Crippen LogP contribution is 2.61. The third-order valence-electron chi connectivity index (χ3n) is 6.82. The highest BCUT2D eigenvalue weighted by molar-refractivity contribution is 5.17. The first-order valence-corrected chi connectivity index (χ1v) is 13.0. The van der Waals surface area contributed by atoms with E-state index in [2.05, 4.69) is 128 Å². The fourth-order valence-electron chi connectivity index (χ4n) is 5.57. The van der Waals surface area contributed by atoms with E-state index in [0.717, 1.165) is 18.3 Å². The van der Waals surface area contributed by atoms with Gasteiger partial charge >= 0.3 is 0 Å². The molecule has 186 valence electrons. The van der Waals surface area contributed by atoms with E-state index in [1.54, 1.807) is 0 Å². The molecular formula is C32H58. The van der Waals surface area contributed by atoms with Gasteiger partial charge in [0.05, 0.1) is 0 Å². The van der Waals surface area contributed by atoms with Crippen LogP contribution in [0.15, 0.2) is 0 Å². The molecule has 1 aliphatic carbocycles. The summed E-state index contributed by atoms with van der Waals surface area (Å²) in [4.78, 5) is 0. The SMILES string of the molecule is CC#CC(C)(C)CC(C)(C)C#CC(C)(C)C.CCC(C)(C)C1CC1C(C)(C)CC(C)(C)C. The van der Waals surface area contributed by atoms with E-state index in [0.29, 0.717) is 16.2 Å². The van der Waals surface area contributed by atoms with Gasteiger partial charge in [0, 0.05) is 16.2 Å². The molecule has 0 N–H and O–H groups in total. The van der Waals surface area contributed by atoms with E-state index in [1.807, 2.05) is 6.92 Å². The monoisotopic (exact) mass is 442 g/mol. The quantitative estimate of drug-likeness (QED) is 0.359. The molecule has 2 atom stereocenters. The highest BCUT2D eigenvalue weighted by atomic mass is 14.6. The van der Waals surface area contributed by atoms with E-state index in [1.165, 1.54) is 19.3 Å². The summed E-state index contributed by atoms with van der Waals surface area (Å²) in [6.45, 7) is 36.4. The van der Waals surface area contributed by atoms with Crippen molar-refractivity contribution in [2.24, 2.45) is 44.3 Å². The van der Waals surface area contributed by atoms with Crippen molar-refractivity contribution >= 4 is 0 Å². The molecule has 0 bridgehead atoms. The fourth-order valence-corrected chi connectivity index (χ4v) is 5.57. The lowest BCUT2D eigenvalue weighted by molar-refractivity contribution is 0.151. The van der Waals surface area contributed by atoms with Crippen molar-refractivity contribution in [2.45, 2.75) is 136 Å². The summed E-state index contributed by atoms with van der Waals surface area (Å²) < 4.78 is 0. The zero-order chi connectivity index (χ0) is 25.8. The summed E-state index contributed by atoms with van der Waals surface area (Å²) in [6, 6.07) is 0. The molecule has 0 saturated heterocycles. The molecule has 1 saturated carbocycles. The Labute approximate surface area is 204 Å². The van der Waals surface area contributed by atoms with Crippen molar-refractivity contribution in [1.82, 2.24) is 0 Å². The maximum absolute atomic E-state index is 3.40. The normalized spacial score (nSPS) is 19.6. The largest absolute Gasteiger partial charge is 0.106 e. The van der Waals surface area contributed by atoms with Crippen molar-refractivity contribution < 1.29 is 0 Å². The maximum atomic E-state index is 3.40. The Morgan fingerprint density at radius 2 is 1.03 bits per heavy atom. The van der Waals surface area contributed by atoms with Gasteiger partial charge in [-0.25, -0.2) is 0 Å². The van der Waals surface area contributed by atoms with Crippen LogP contribution in [-0.2, 0) is 0 Å². The van der Waals surface area contributed by atoms with Crippen LogP contribution in [0.2, 0.25) is 0 Å². The molecule has 0 amide bonds. The molecule has 0 radical (unpaired) electrons. The molecule has 2 unspecified atom stereocenters. The molecule has 0 aromatic carbocycles. The van der Waals surface area contributed by atoms with Gasteiger partial charge in [-0.2, -0.15) is 0 Å². The standard InChI is InChI=1S/C16H32.C16H26/c1-9-15(5,6)12-10-13(12)16(7,8)11-14(2,3)4;1-9-10-15(5,6)13-16(7,8)12-11-14(2,3)4/h12-13H,9-11H2,1-8H3;13H2,1-8H3. The van der Waals surface area contributed by atoms with Crippen LogP contribution in [0.5, 0.6) is 0 Å². The summed E-state index contributed by atoms with van der Waals surface area (Å²) in [6.07, 6.45) is 5.13. The van der Waals surface area contributed by atoms with Crippen molar-refractivity contribution in [1.29, 1.82) is 0 Å². The second kappa shape index (κ2) is 10.6. The van der Waals surface area contributed by atoms with Gasteiger partial charge in [-0.1, -0.05) is 79.6 Å². The van der Waals surface area contributed by atoms with Crippen LogP contribution in [0.1, 0.15) is 136 Å². The Bertz CT molecular complexity index is 704. The Morgan fingerprint density at radius 1 is 0.594 bits per heavy atom. The molecule has 0 aliphatic heterocycles. The van der Waals surface area contributed by atoms with E-state index in [4.69, 9.17) is 0 Å². The van der Waals surface area contributed by atoms with Crippen molar-refractivity contribution in [3.63, 3.8) is 0 Å². The average molecular weight is 443 g/mol. The Balaban J connectivity index is 0.000000601. The summed E-state index contributed by atoms with van der Waals surface area (Å²) >= 11 is 0. The average Bonchev–Trinajstić information content (AvgIpc) is 3.32. The summed E-state index contributed by atoms with van der Waals surface area (Å²) in [5, 5.41) is 0. The fraction of sp³-hybridized carbons (Fsp3) is 0.875. The molecule has 0 aromatic rings. The van der Waals surface area contributed by atoms with Gasteiger partial charge in [0.25, 0.3) is 0 Å². The zero-order valence-corrected chi connectivity index (χ0v) is 25.0. The van der Waals surface area contributed by atoms with Gasteiger partial charge in [-0.3, -0.25) is 0 Å². The minimum absolute atomic E-state index is 0.0284. The van der Waals surface area contributed by atoms with Crippen LogP contribution in [0.25, 0.3) is 0 Å². The molecule has 1 aliphatic rings. The lowest BCUT2D eigenvalue weighted by Crippen LogP contribution is -2.26. The second-order valence-electron chi connectivity index (χ2n) is 15.3. The zero-order valence-electron chi connectivity index (χ0n) is 25.0. The van der Waals surface area contributed by atoms with Gasteiger partial charge in [-0.05, 0) is 103 Å². The van der Waals surface area contributed by atoms with Crippen molar-refractivity contribution in [2.75, 3.05) is 0 Å². The number of hydrogen-bond donors (Lipinski definition) is 0. The first kappa shape index (κ1) is 31.1. The van der Waals surface area contributed by atoms with E-state index in [-0.39, 0.29) is 16.2 Å². The van der Waals surface area contributed by atoms with E-state index in [9.17, 15) is 0 Å². The highest BCUT2D eigenvalue weighted by Gasteiger charge is 2.53. The molecule has 1 rings (SSSR count). The molecule has 0 heterocycles. The minimum atomic E-state index is 0.0284. The van der Waals surface area contributed by atoms with Crippen molar-refractivity contribution in [3.05, 3.63) is 0 Å². The van der Waals surface area contributed by atoms with Gasteiger partial charge in [0.2, 0.25) is 0 Å². The third-order valence-corrected chi connectivity index (χ3v) is 6.82. The smallest absolute Gasteiger partial charge is 0.0272 e. The molecule has 0 spiro atoms. The van der Waals surface area contributed by atoms with Crippen LogP contribution in [0, 0.1) is 68.0 Å². The summed E-state index contributed by atoms with van der Waals surface area (Å²) in [5.41, 5.74) is 1.70. The Morgan fingerprint density at radius 3 is 1.41 bits per heavy atom. The van der Waals surface area contributed by atoms with Crippen molar-refractivity contribution in [3.8, 4) is 23.7 Å². The summed E-state index contributed by atoms with van der Waals surface area (Å²) in [7, 11) is 0. The predicted octanol–water partition coefficient (Wildman–Crippen LogP) is 10.0. The van der Waals surface area contributed by atoms with E-state index < -0.39 is 0 Å². The van der Waals surface area contributed by atoms with Gasteiger partial charge in [0.1, 0.15) is 0 Å². The molecule has 0 aromatic heterocycles. The van der Waals surface area contributed by atoms with Crippen LogP contribution in [-0.4, -0.2) is 0 Å². The number of hydrogen-bond acceptors (Lipinski definition) is 0. The summed E-state index contributed by atoms with van der Waals surface area (Å²) in [5.74, 6) is 14.9. The lowest BCUT2D eigenvalue weighted by Gasteiger charge is -2.35. The maximum Gasteiger partial charge on any atom is 0.0272 e. The molecule has 1 fully saturated rings. The second-order valence-corrected chi connectivity index (χ2v) is 15.3. The van der Waals surface area contributed by atoms with Crippen LogP contribution >= 0.6 is 0 Å². The van der Waals surface area contributed by atoms with E-state index >= 15 is 0 Å². The third kappa shape index (κ3) is 12.4. The Kier molecular flexibility index (Phi) is 10.3. The molecule has 0 heteroatoms. The van der Waals surface area contributed by atoms with Crippen LogP contribution in [0.3, 0.4) is 0 Å². The van der Waals surface area contributed by atoms with Gasteiger partial charge in [-0.15, -0.1) is 5.92 Å². The molecular weight excluding hydrogens is 384 g/mol. The van der Waals surface area contributed by atoms with Gasteiger partial charge in [0.15, 0.2) is 0 Å². The minimum Gasteiger partial charge on any atom is -0.106 e. The van der Waals surface area contributed by atoms with Gasteiger partial charge < -0.3 is 0 Å². The Hall–Kier alpha value is -0.880. The molecule has 0 nitrogen and oxygen atoms in total. The van der Waals surface area contributed by atoms with Crippen LogP contribution < -0.4 is 0 Å². The first-order valence-electron chi connectivity index (χ1n) is 13.0. The number of rotatable bonds is 6. The van der Waals surface area contributed by atoms with Crippen LogP contribution in [0.4, 0.5) is 0 Å².